The maximum Gasteiger partial charge on any atom is 0.295 e. The number of carbonyl (C=O) groups is 2. The molecule has 0 unspecified atom stereocenters. The Hall–Kier alpha value is -3.61. The quantitative estimate of drug-likeness (QED) is 0.218. The van der Waals surface area contributed by atoms with E-state index in [2.05, 4.69) is 35.7 Å². The van der Waals surface area contributed by atoms with Gasteiger partial charge in [0.15, 0.2) is 0 Å². The first-order chi connectivity index (χ1) is 18.4. The van der Waals surface area contributed by atoms with Crippen LogP contribution in [0.4, 0.5) is 0 Å². The number of hydrogen-bond donors (Lipinski definition) is 0. The molecule has 1 saturated heterocycles. The highest BCUT2D eigenvalue weighted by atomic mass is 35.5. The van der Waals surface area contributed by atoms with Crippen molar-refractivity contribution in [1.29, 1.82) is 0 Å². The molecule has 5 rings (SSSR count). The summed E-state index contributed by atoms with van der Waals surface area (Å²) in [5.74, 6) is -0.287. The number of ketones is 1. The van der Waals surface area contributed by atoms with Crippen LogP contribution in [0.15, 0.2) is 78.9 Å². The minimum atomic E-state index is -0.481. The highest BCUT2D eigenvalue weighted by Gasteiger charge is 2.32. The molecule has 4 aromatic rings. The predicted octanol–water partition coefficient (Wildman–Crippen LogP) is 5.66. The van der Waals surface area contributed by atoms with Crippen molar-refractivity contribution in [1.82, 2.24) is 14.4 Å². The van der Waals surface area contributed by atoms with E-state index < -0.39 is 11.7 Å². The van der Waals surface area contributed by atoms with E-state index in [4.69, 9.17) is 16.3 Å². The zero-order valence-corrected chi connectivity index (χ0v) is 22.5. The van der Waals surface area contributed by atoms with Gasteiger partial charge in [0.2, 0.25) is 0 Å². The predicted molar refractivity (Wildman–Crippen MR) is 151 cm³/mol. The Morgan fingerprint density at radius 2 is 1.58 bits per heavy atom. The topological polar surface area (TPSA) is 54.8 Å². The normalized spacial score (nSPS) is 14.3. The summed E-state index contributed by atoms with van der Waals surface area (Å²) in [6, 6.07) is 25.4. The van der Waals surface area contributed by atoms with Gasteiger partial charge in [-0.15, -0.1) is 0 Å². The summed E-state index contributed by atoms with van der Waals surface area (Å²) in [7, 11) is 4.11. The standard InChI is InChI=1S/C31H32ClN3O3/c1-33(2)24-16-18-34(19-17-24)31(37)30(36)29-26-10-6-7-11-27(26)35(20-22-8-4-3-5-9-22)28(29)21-38-25-14-12-23(32)13-15-25/h3-15,24H,16-21H2,1-2H3. The molecular formula is C31H32ClN3O3. The van der Waals surface area contributed by atoms with Gasteiger partial charge in [-0.05, 0) is 62.8 Å². The summed E-state index contributed by atoms with van der Waals surface area (Å²) in [6.45, 7) is 1.84. The molecule has 0 spiro atoms. The number of rotatable bonds is 8. The number of aromatic nitrogens is 1. The molecule has 1 aliphatic heterocycles. The smallest absolute Gasteiger partial charge is 0.295 e. The molecule has 0 atom stereocenters. The van der Waals surface area contributed by atoms with Crippen molar-refractivity contribution < 1.29 is 14.3 Å². The van der Waals surface area contributed by atoms with Crippen molar-refractivity contribution in [3.63, 3.8) is 0 Å². The third-order valence-corrected chi connectivity index (χ3v) is 7.61. The number of halogens is 1. The molecule has 1 amide bonds. The number of piperidine rings is 1. The van der Waals surface area contributed by atoms with E-state index in [1.807, 2.05) is 42.5 Å². The highest BCUT2D eigenvalue weighted by molar-refractivity contribution is 6.45. The van der Waals surface area contributed by atoms with Crippen LogP contribution in [-0.2, 0) is 17.9 Å². The van der Waals surface area contributed by atoms with Crippen molar-refractivity contribution in [3.8, 4) is 5.75 Å². The van der Waals surface area contributed by atoms with E-state index in [1.54, 1.807) is 29.2 Å². The molecule has 1 aromatic heterocycles. The van der Waals surface area contributed by atoms with E-state index in [0.29, 0.717) is 47.7 Å². The molecule has 0 bridgehead atoms. The third-order valence-electron chi connectivity index (χ3n) is 7.35. The Bertz CT molecular complexity index is 1420. The van der Waals surface area contributed by atoms with Crippen LogP contribution in [0.5, 0.6) is 5.75 Å². The lowest BCUT2D eigenvalue weighted by Crippen LogP contribution is -2.46. The van der Waals surface area contributed by atoms with E-state index >= 15 is 0 Å². The number of benzene rings is 3. The molecule has 196 valence electrons. The molecule has 0 aliphatic carbocycles. The molecule has 0 saturated carbocycles. The van der Waals surface area contributed by atoms with E-state index in [9.17, 15) is 9.59 Å². The van der Waals surface area contributed by atoms with Crippen LogP contribution in [0.25, 0.3) is 10.9 Å². The van der Waals surface area contributed by atoms with Crippen molar-refractivity contribution in [2.75, 3.05) is 27.2 Å². The number of amides is 1. The Balaban J connectivity index is 1.53. The number of carbonyl (C=O) groups excluding carboxylic acids is 2. The Morgan fingerprint density at radius 3 is 2.26 bits per heavy atom. The second-order valence-corrected chi connectivity index (χ2v) is 10.4. The van der Waals surface area contributed by atoms with Crippen molar-refractivity contribution in [2.24, 2.45) is 0 Å². The van der Waals surface area contributed by atoms with Gasteiger partial charge in [0.25, 0.3) is 11.7 Å². The number of ether oxygens (including phenoxy) is 1. The highest BCUT2D eigenvalue weighted by Crippen LogP contribution is 2.30. The van der Waals surface area contributed by atoms with Crippen LogP contribution in [0, 0.1) is 0 Å². The minimum Gasteiger partial charge on any atom is -0.487 e. The van der Waals surface area contributed by atoms with E-state index in [0.717, 1.165) is 29.3 Å². The summed E-state index contributed by atoms with van der Waals surface area (Å²) in [6.07, 6.45) is 1.71. The second kappa shape index (κ2) is 11.4. The third kappa shape index (κ3) is 5.47. The molecule has 1 aliphatic rings. The number of Topliss-reactive ketones (excluding diaryl/α,β-unsaturated/α-hetero) is 1. The van der Waals surface area contributed by atoms with Gasteiger partial charge in [0, 0.05) is 41.6 Å². The van der Waals surface area contributed by atoms with Gasteiger partial charge >= 0.3 is 0 Å². The number of para-hydroxylation sites is 1. The number of likely N-dealkylation sites (tertiary alicyclic amines) is 1. The van der Waals surface area contributed by atoms with Gasteiger partial charge in [-0.3, -0.25) is 9.59 Å². The average molecular weight is 530 g/mol. The van der Waals surface area contributed by atoms with Gasteiger partial charge in [-0.2, -0.15) is 0 Å². The largest absolute Gasteiger partial charge is 0.487 e. The first-order valence-electron chi connectivity index (χ1n) is 12.9. The molecule has 0 N–H and O–H groups in total. The number of hydrogen-bond acceptors (Lipinski definition) is 4. The molecule has 7 heteroatoms. The average Bonchev–Trinajstić information content (AvgIpc) is 3.25. The molecular weight excluding hydrogens is 498 g/mol. The Morgan fingerprint density at radius 1 is 0.921 bits per heavy atom. The van der Waals surface area contributed by atoms with Crippen molar-refractivity contribution >= 4 is 34.2 Å². The van der Waals surface area contributed by atoms with Crippen LogP contribution in [0.3, 0.4) is 0 Å². The number of nitrogens with zero attached hydrogens (tertiary/aromatic N) is 3. The van der Waals surface area contributed by atoms with Crippen molar-refractivity contribution in [3.05, 3.63) is 101 Å². The first kappa shape index (κ1) is 26.0. The fraction of sp³-hybridized carbons (Fsp3) is 0.290. The van der Waals surface area contributed by atoms with Gasteiger partial charge in [-0.1, -0.05) is 60.1 Å². The van der Waals surface area contributed by atoms with Gasteiger partial charge in [0.05, 0.1) is 11.3 Å². The second-order valence-electron chi connectivity index (χ2n) is 9.97. The lowest BCUT2D eigenvalue weighted by Gasteiger charge is -2.34. The molecule has 1 fully saturated rings. The summed E-state index contributed by atoms with van der Waals surface area (Å²) in [4.78, 5) is 31.4. The first-order valence-corrected chi connectivity index (χ1v) is 13.3. The Kier molecular flexibility index (Phi) is 7.82. The summed E-state index contributed by atoms with van der Waals surface area (Å²) in [5, 5.41) is 1.38. The van der Waals surface area contributed by atoms with Gasteiger partial charge < -0.3 is 19.1 Å². The van der Waals surface area contributed by atoms with Crippen LogP contribution >= 0.6 is 11.6 Å². The lowest BCUT2D eigenvalue weighted by atomic mass is 10.0. The van der Waals surface area contributed by atoms with Crippen molar-refractivity contribution in [2.45, 2.75) is 32.0 Å². The minimum absolute atomic E-state index is 0.139. The van der Waals surface area contributed by atoms with Crippen LogP contribution in [0.1, 0.15) is 34.5 Å². The SMILES string of the molecule is CN(C)C1CCN(C(=O)C(=O)c2c(COc3ccc(Cl)cc3)n(Cc3ccccc3)c3ccccc23)CC1. The zero-order valence-electron chi connectivity index (χ0n) is 21.8. The summed E-state index contributed by atoms with van der Waals surface area (Å²) in [5.41, 5.74) is 3.10. The zero-order chi connectivity index (χ0) is 26.6. The molecule has 2 heterocycles. The summed E-state index contributed by atoms with van der Waals surface area (Å²) < 4.78 is 8.25. The molecule has 38 heavy (non-hydrogen) atoms. The molecule has 0 radical (unpaired) electrons. The fourth-order valence-electron chi connectivity index (χ4n) is 5.22. The van der Waals surface area contributed by atoms with Crippen LogP contribution in [0.2, 0.25) is 5.02 Å². The van der Waals surface area contributed by atoms with Gasteiger partial charge in [0.1, 0.15) is 12.4 Å². The van der Waals surface area contributed by atoms with E-state index in [1.165, 1.54) is 0 Å². The summed E-state index contributed by atoms with van der Waals surface area (Å²) >= 11 is 6.05. The molecule has 3 aromatic carbocycles. The maximum absolute atomic E-state index is 13.9. The van der Waals surface area contributed by atoms with Gasteiger partial charge in [-0.25, -0.2) is 0 Å². The Labute approximate surface area is 228 Å². The molecule has 6 nitrogen and oxygen atoms in total. The number of fused-ring (bicyclic) bond motifs is 1. The lowest BCUT2D eigenvalue weighted by molar-refractivity contribution is -0.127. The van der Waals surface area contributed by atoms with E-state index in [-0.39, 0.29) is 6.61 Å². The van der Waals surface area contributed by atoms with Crippen LogP contribution in [-0.4, -0.2) is 59.3 Å². The maximum atomic E-state index is 13.9. The van der Waals surface area contributed by atoms with Crippen LogP contribution < -0.4 is 4.74 Å². The fourth-order valence-corrected chi connectivity index (χ4v) is 5.35. The monoisotopic (exact) mass is 529 g/mol.